The van der Waals surface area contributed by atoms with Gasteiger partial charge in [0.25, 0.3) is 0 Å². The number of nitrogens with one attached hydrogen (secondary N) is 1. The van der Waals surface area contributed by atoms with Crippen molar-refractivity contribution in [3.05, 3.63) is 24.0 Å². The summed E-state index contributed by atoms with van der Waals surface area (Å²) in [6.45, 7) is 1.36. The Balaban J connectivity index is 1.51. The number of morpholine rings is 1. The van der Waals surface area contributed by atoms with Crippen molar-refractivity contribution in [1.29, 1.82) is 0 Å². The molecule has 1 N–H and O–H groups in total. The monoisotopic (exact) mass is 425 g/mol. The number of carbonyl (C=O) groups excluding carboxylic acids is 2. The second-order valence-corrected chi connectivity index (χ2v) is 9.52. The quantitative estimate of drug-likeness (QED) is 0.765. The van der Waals surface area contributed by atoms with E-state index >= 15 is 0 Å². The molecule has 8 nitrogen and oxygen atoms in total. The van der Waals surface area contributed by atoms with Gasteiger partial charge in [-0.15, -0.1) is 0 Å². The predicted molar refractivity (Wildman–Crippen MR) is 102 cm³/mol. The molecule has 1 atom stereocenters. The largest absolute Gasteiger partial charge is 0.379 e. The number of hydrogen-bond acceptors (Lipinski definition) is 5. The minimum Gasteiger partial charge on any atom is -0.379 e. The fourth-order valence-corrected chi connectivity index (χ4v) is 5.30. The summed E-state index contributed by atoms with van der Waals surface area (Å²) in [6, 6.07) is 2.92. The second-order valence-electron chi connectivity index (χ2n) is 7.61. The number of sulfonamides is 1. The van der Waals surface area contributed by atoms with E-state index in [1.54, 1.807) is 4.90 Å². The first kappa shape index (κ1) is 20.2. The molecular weight excluding hydrogens is 401 g/mol. The van der Waals surface area contributed by atoms with E-state index in [1.807, 2.05) is 0 Å². The molecule has 158 valence electrons. The predicted octanol–water partition coefficient (Wildman–Crippen LogP) is 1.19. The van der Waals surface area contributed by atoms with E-state index in [-0.39, 0.29) is 49.7 Å². The maximum atomic E-state index is 14.3. The highest BCUT2D eigenvalue weighted by atomic mass is 32.2. The summed E-state index contributed by atoms with van der Waals surface area (Å²) in [5.74, 6) is -1.21. The summed E-state index contributed by atoms with van der Waals surface area (Å²) in [7, 11) is -4.03. The maximum absolute atomic E-state index is 14.3. The van der Waals surface area contributed by atoms with Gasteiger partial charge in [-0.25, -0.2) is 12.8 Å². The molecule has 0 aromatic heterocycles. The fraction of sp³-hybridized carbons (Fsp3) is 0.579. The Bertz CT molecular complexity index is 912. The molecule has 0 spiro atoms. The van der Waals surface area contributed by atoms with Crippen LogP contribution in [-0.2, 0) is 24.3 Å². The molecule has 1 aromatic carbocycles. The van der Waals surface area contributed by atoms with Crippen LogP contribution in [0.2, 0.25) is 0 Å². The molecule has 0 bridgehead atoms. The molecule has 0 radical (unpaired) electrons. The van der Waals surface area contributed by atoms with Gasteiger partial charge in [-0.05, 0) is 43.9 Å². The zero-order chi connectivity index (χ0) is 20.6. The van der Waals surface area contributed by atoms with Gasteiger partial charge in [-0.3, -0.25) is 9.59 Å². The SMILES string of the molecule is O=C(Nc1ccc(F)c(S(=O)(=O)N2CCOCC2)c1)C1CCCN1C(=O)C1CC1. The maximum Gasteiger partial charge on any atom is 0.247 e. The number of likely N-dealkylation sites (tertiary alicyclic amines) is 1. The van der Waals surface area contributed by atoms with Gasteiger partial charge in [-0.1, -0.05) is 0 Å². The number of amides is 2. The first-order valence-electron chi connectivity index (χ1n) is 9.87. The third-order valence-corrected chi connectivity index (χ3v) is 7.47. The fourth-order valence-electron chi connectivity index (χ4n) is 3.80. The van der Waals surface area contributed by atoms with Gasteiger partial charge in [0.15, 0.2) is 0 Å². The lowest BCUT2D eigenvalue weighted by molar-refractivity contribution is -0.137. The van der Waals surface area contributed by atoms with Crippen molar-refractivity contribution in [2.45, 2.75) is 36.6 Å². The lowest BCUT2D eigenvalue weighted by Crippen LogP contribution is -2.44. The summed E-state index contributed by atoms with van der Waals surface area (Å²) >= 11 is 0. The first-order valence-corrected chi connectivity index (χ1v) is 11.3. The van der Waals surface area contributed by atoms with Gasteiger partial charge < -0.3 is 15.0 Å². The standard InChI is InChI=1S/C19H24FN3O5S/c20-15-6-5-14(12-17(15)29(26,27)22-8-10-28-11-9-22)21-18(24)16-2-1-7-23(16)19(25)13-3-4-13/h5-6,12-13,16H,1-4,7-11H2,(H,21,24). The van der Waals surface area contributed by atoms with Crippen molar-refractivity contribution >= 4 is 27.5 Å². The van der Waals surface area contributed by atoms with Crippen LogP contribution >= 0.6 is 0 Å². The molecule has 3 fully saturated rings. The number of rotatable bonds is 5. The summed E-state index contributed by atoms with van der Waals surface area (Å²) < 4.78 is 46.2. The molecule has 1 aliphatic carbocycles. The van der Waals surface area contributed by atoms with Crippen LogP contribution < -0.4 is 5.32 Å². The van der Waals surface area contributed by atoms with Crippen molar-refractivity contribution in [3.63, 3.8) is 0 Å². The van der Waals surface area contributed by atoms with Crippen LogP contribution in [0, 0.1) is 11.7 Å². The van der Waals surface area contributed by atoms with E-state index in [1.165, 1.54) is 10.4 Å². The number of carbonyl (C=O) groups is 2. The lowest BCUT2D eigenvalue weighted by Gasteiger charge is -2.26. The number of nitrogens with zero attached hydrogens (tertiary/aromatic N) is 2. The van der Waals surface area contributed by atoms with E-state index in [0.717, 1.165) is 31.4 Å². The Morgan fingerprint density at radius 3 is 2.52 bits per heavy atom. The van der Waals surface area contributed by atoms with Gasteiger partial charge >= 0.3 is 0 Å². The van der Waals surface area contributed by atoms with Crippen LogP contribution in [0.4, 0.5) is 10.1 Å². The van der Waals surface area contributed by atoms with Gasteiger partial charge in [0, 0.05) is 31.2 Å². The third kappa shape index (κ3) is 4.15. The number of benzene rings is 1. The molecular formula is C19H24FN3O5S. The van der Waals surface area contributed by atoms with Gasteiger partial charge in [0.05, 0.1) is 13.2 Å². The molecule has 4 rings (SSSR count). The average Bonchev–Trinajstić information content (AvgIpc) is 3.45. The van der Waals surface area contributed by atoms with Crippen LogP contribution in [0.5, 0.6) is 0 Å². The zero-order valence-electron chi connectivity index (χ0n) is 16.0. The summed E-state index contributed by atoms with van der Waals surface area (Å²) in [5.41, 5.74) is 0.189. The van der Waals surface area contributed by atoms with E-state index < -0.39 is 26.8 Å². The van der Waals surface area contributed by atoms with Gasteiger partial charge in [-0.2, -0.15) is 4.31 Å². The number of ether oxygens (including phenoxy) is 1. The summed E-state index contributed by atoms with van der Waals surface area (Å²) in [5, 5.41) is 2.66. The second kappa shape index (κ2) is 8.00. The van der Waals surface area contributed by atoms with Crippen LogP contribution in [0.1, 0.15) is 25.7 Å². The molecule has 2 heterocycles. The summed E-state index contributed by atoms with van der Waals surface area (Å²) in [4.78, 5) is 26.3. The Hall–Kier alpha value is -2.04. The summed E-state index contributed by atoms with van der Waals surface area (Å²) in [6.07, 6.45) is 3.04. The van der Waals surface area contributed by atoms with Crippen molar-refractivity contribution < 1.29 is 27.1 Å². The highest BCUT2D eigenvalue weighted by Crippen LogP contribution is 2.34. The van der Waals surface area contributed by atoms with E-state index in [9.17, 15) is 22.4 Å². The Kier molecular flexibility index (Phi) is 5.58. The Labute approximate surface area is 169 Å². The van der Waals surface area contributed by atoms with Crippen LogP contribution in [0.3, 0.4) is 0 Å². The molecule has 1 unspecified atom stereocenters. The number of anilines is 1. The molecule has 3 aliphatic rings. The first-order chi connectivity index (χ1) is 13.9. The van der Waals surface area contributed by atoms with Gasteiger partial charge in [0.2, 0.25) is 21.8 Å². The van der Waals surface area contributed by atoms with Gasteiger partial charge in [0.1, 0.15) is 16.8 Å². The van der Waals surface area contributed by atoms with E-state index in [2.05, 4.69) is 5.32 Å². The normalized spacial score (nSPS) is 23.2. The van der Waals surface area contributed by atoms with Crippen molar-refractivity contribution in [1.82, 2.24) is 9.21 Å². The number of halogens is 1. The zero-order valence-corrected chi connectivity index (χ0v) is 16.8. The molecule has 10 heteroatoms. The highest BCUT2D eigenvalue weighted by Gasteiger charge is 2.41. The van der Waals surface area contributed by atoms with E-state index in [4.69, 9.17) is 4.74 Å². The Morgan fingerprint density at radius 1 is 1.10 bits per heavy atom. The lowest BCUT2D eigenvalue weighted by atomic mass is 10.2. The average molecular weight is 425 g/mol. The molecule has 1 aromatic rings. The molecule has 29 heavy (non-hydrogen) atoms. The Morgan fingerprint density at radius 2 is 1.83 bits per heavy atom. The van der Waals surface area contributed by atoms with Crippen LogP contribution in [0.25, 0.3) is 0 Å². The molecule has 2 saturated heterocycles. The minimum atomic E-state index is -4.03. The highest BCUT2D eigenvalue weighted by molar-refractivity contribution is 7.89. The molecule has 2 aliphatic heterocycles. The van der Waals surface area contributed by atoms with Crippen molar-refractivity contribution in [3.8, 4) is 0 Å². The number of hydrogen-bond donors (Lipinski definition) is 1. The topological polar surface area (TPSA) is 96.0 Å². The van der Waals surface area contributed by atoms with Crippen molar-refractivity contribution in [2.24, 2.45) is 5.92 Å². The molecule has 2 amide bonds. The minimum absolute atomic E-state index is 0.0114. The third-order valence-electron chi connectivity index (χ3n) is 5.55. The smallest absolute Gasteiger partial charge is 0.247 e. The van der Waals surface area contributed by atoms with Crippen molar-refractivity contribution in [2.75, 3.05) is 38.2 Å². The molecule has 1 saturated carbocycles. The van der Waals surface area contributed by atoms with E-state index in [0.29, 0.717) is 13.0 Å². The van der Waals surface area contributed by atoms with Crippen LogP contribution in [0.15, 0.2) is 23.1 Å². The van der Waals surface area contributed by atoms with Crippen LogP contribution in [-0.4, -0.2) is 68.3 Å².